The van der Waals surface area contributed by atoms with E-state index in [0.29, 0.717) is 10.6 Å². The fraction of sp³-hybridized carbons (Fsp3) is 0.316. The molecule has 0 aliphatic heterocycles. The summed E-state index contributed by atoms with van der Waals surface area (Å²) in [5, 5.41) is 13.8. The van der Waals surface area contributed by atoms with Crippen LogP contribution < -0.4 is 5.32 Å². The zero-order valence-corrected chi connectivity index (χ0v) is 17.4. The topological polar surface area (TPSA) is 125 Å². The van der Waals surface area contributed by atoms with E-state index < -0.39 is 29.4 Å². The second-order valence-corrected chi connectivity index (χ2v) is 7.84. The van der Waals surface area contributed by atoms with Crippen LogP contribution in [0.4, 0.5) is 10.7 Å². The minimum Gasteiger partial charge on any atom is -0.462 e. The maximum atomic E-state index is 12.3. The highest BCUT2D eigenvalue weighted by Crippen LogP contribution is 2.39. The van der Waals surface area contributed by atoms with Crippen molar-refractivity contribution >= 4 is 51.5 Å². The van der Waals surface area contributed by atoms with E-state index in [1.807, 2.05) is 0 Å². The lowest BCUT2D eigenvalue weighted by atomic mass is 10.1. The molecular weight excluding hydrogens is 436 g/mol. The van der Waals surface area contributed by atoms with Gasteiger partial charge in [0.05, 0.1) is 27.7 Å². The lowest BCUT2D eigenvalue weighted by molar-refractivity contribution is -0.384. The first-order chi connectivity index (χ1) is 14.3. The van der Waals surface area contributed by atoms with Crippen LogP contribution in [0.15, 0.2) is 18.2 Å². The molecule has 1 N–H and O–H groups in total. The van der Waals surface area contributed by atoms with Crippen molar-refractivity contribution in [2.45, 2.75) is 26.2 Å². The molecule has 1 aromatic carbocycles. The van der Waals surface area contributed by atoms with E-state index in [2.05, 4.69) is 5.32 Å². The molecule has 1 aromatic heterocycles. The zero-order valence-electron chi connectivity index (χ0n) is 15.9. The number of hydrogen-bond donors (Lipinski definition) is 1. The molecule has 30 heavy (non-hydrogen) atoms. The number of nitrogens with one attached hydrogen (secondary N) is 1. The number of carbonyl (C=O) groups excluding carboxylic acids is 3. The standard InChI is InChI=1S/C19H17ClN2O7S/c1-2-28-19(25)16-11-4-3-5-14(11)30-17(16)21-15(23)9-29-18(24)12-8-10(22(26)27)6-7-13(12)20/h6-8H,2-5,9H2,1H3,(H,21,23). The summed E-state index contributed by atoms with van der Waals surface area (Å²) < 4.78 is 10.0. The molecule has 0 unspecified atom stereocenters. The van der Waals surface area contributed by atoms with E-state index in [1.165, 1.54) is 17.4 Å². The molecule has 3 rings (SSSR count). The summed E-state index contributed by atoms with van der Waals surface area (Å²) >= 11 is 7.20. The molecule has 9 nitrogen and oxygen atoms in total. The average molecular weight is 453 g/mol. The number of fused-ring (bicyclic) bond motifs is 1. The summed E-state index contributed by atoms with van der Waals surface area (Å²) in [5.41, 5.74) is 0.675. The normalized spacial score (nSPS) is 12.2. The summed E-state index contributed by atoms with van der Waals surface area (Å²) in [4.78, 5) is 48.0. The molecule has 0 bridgehead atoms. The quantitative estimate of drug-likeness (QED) is 0.385. The van der Waals surface area contributed by atoms with Crippen molar-refractivity contribution in [2.75, 3.05) is 18.5 Å². The summed E-state index contributed by atoms with van der Waals surface area (Å²) in [6.07, 6.45) is 2.49. The van der Waals surface area contributed by atoms with Crippen molar-refractivity contribution in [3.05, 3.63) is 54.9 Å². The van der Waals surface area contributed by atoms with Crippen molar-refractivity contribution in [1.82, 2.24) is 0 Å². The van der Waals surface area contributed by atoms with Gasteiger partial charge in [0.15, 0.2) is 6.61 Å². The number of esters is 2. The van der Waals surface area contributed by atoms with E-state index in [0.717, 1.165) is 41.8 Å². The molecule has 1 aliphatic carbocycles. The first-order valence-corrected chi connectivity index (χ1v) is 10.2. The Hall–Kier alpha value is -2.98. The third-order valence-corrected chi connectivity index (χ3v) is 5.91. The van der Waals surface area contributed by atoms with E-state index in [9.17, 15) is 24.5 Å². The molecule has 11 heteroatoms. The van der Waals surface area contributed by atoms with Crippen molar-refractivity contribution in [2.24, 2.45) is 0 Å². The Kier molecular flexibility index (Phi) is 6.68. The van der Waals surface area contributed by atoms with E-state index in [4.69, 9.17) is 21.1 Å². The number of hydrogen-bond acceptors (Lipinski definition) is 8. The van der Waals surface area contributed by atoms with Crippen molar-refractivity contribution in [3.8, 4) is 0 Å². The minimum atomic E-state index is -0.974. The average Bonchev–Trinajstić information content (AvgIpc) is 3.27. The maximum Gasteiger partial charge on any atom is 0.341 e. The second-order valence-electron chi connectivity index (χ2n) is 6.33. The van der Waals surface area contributed by atoms with Crippen LogP contribution in [0.1, 0.15) is 44.5 Å². The SMILES string of the molecule is CCOC(=O)c1c(NC(=O)COC(=O)c2cc([N+](=O)[O-])ccc2Cl)sc2c1CCC2. The van der Waals surface area contributed by atoms with Crippen LogP contribution in [0.2, 0.25) is 5.02 Å². The predicted octanol–water partition coefficient (Wildman–Crippen LogP) is 3.77. The lowest BCUT2D eigenvalue weighted by Gasteiger charge is -2.09. The summed E-state index contributed by atoms with van der Waals surface area (Å²) in [6.45, 7) is 1.25. The maximum absolute atomic E-state index is 12.3. The van der Waals surface area contributed by atoms with Gasteiger partial charge in [-0.2, -0.15) is 0 Å². The molecule has 0 spiro atoms. The van der Waals surface area contributed by atoms with Gasteiger partial charge in [-0.1, -0.05) is 11.6 Å². The largest absolute Gasteiger partial charge is 0.462 e. The number of nitro benzene ring substituents is 1. The Morgan fingerprint density at radius 3 is 2.70 bits per heavy atom. The number of benzene rings is 1. The summed E-state index contributed by atoms with van der Waals surface area (Å²) in [7, 11) is 0. The molecular formula is C19H17ClN2O7S. The molecule has 0 atom stereocenters. The highest BCUT2D eigenvalue weighted by Gasteiger charge is 2.28. The number of amides is 1. The molecule has 1 amide bonds. The molecule has 0 radical (unpaired) electrons. The van der Waals surface area contributed by atoms with Crippen LogP contribution in [-0.2, 0) is 27.1 Å². The highest BCUT2D eigenvalue weighted by atomic mass is 35.5. The van der Waals surface area contributed by atoms with Crippen LogP contribution in [0.25, 0.3) is 0 Å². The molecule has 158 valence electrons. The van der Waals surface area contributed by atoms with Crippen molar-refractivity contribution < 1.29 is 28.8 Å². The lowest BCUT2D eigenvalue weighted by Crippen LogP contribution is -2.22. The summed E-state index contributed by atoms with van der Waals surface area (Å²) in [6, 6.07) is 3.33. The predicted molar refractivity (Wildman–Crippen MR) is 109 cm³/mol. The third-order valence-electron chi connectivity index (χ3n) is 4.37. The highest BCUT2D eigenvalue weighted by molar-refractivity contribution is 7.17. The number of nitrogens with zero attached hydrogens (tertiary/aromatic N) is 1. The zero-order chi connectivity index (χ0) is 21.8. The first-order valence-electron chi connectivity index (χ1n) is 9.04. The Balaban J connectivity index is 1.69. The number of thiophene rings is 1. The Labute approximate surface area is 180 Å². The Bertz CT molecular complexity index is 1030. The molecule has 1 heterocycles. The van der Waals surface area contributed by atoms with Crippen LogP contribution in [-0.4, -0.2) is 36.0 Å². The number of halogens is 1. The van der Waals surface area contributed by atoms with E-state index >= 15 is 0 Å². The molecule has 0 saturated heterocycles. The molecule has 1 aliphatic rings. The van der Waals surface area contributed by atoms with Crippen molar-refractivity contribution in [1.29, 1.82) is 0 Å². The van der Waals surface area contributed by atoms with Gasteiger partial charge in [-0.05, 0) is 37.8 Å². The number of non-ortho nitro benzene ring substituents is 1. The van der Waals surface area contributed by atoms with Gasteiger partial charge >= 0.3 is 11.9 Å². The van der Waals surface area contributed by atoms with Crippen LogP contribution in [0, 0.1) is 10.1 Å². The number of nitro groups is 1. The number of anilines is 1. The summed E-state index contributed by atoms with van der Waals surface area (Å²) in [5.74, 6) is -2.14. The fourth-order valence-corrected chi connectivity index (χ4v) is 4.55. The van der Waals surface area contributed by atoms with Crippen LogP contribution >= 0.6 is 22.9 Å². The number of aryl methyl sites for hydroxylation is 1. The smallest absolute Gasteiger partial charge is 0.341 e. The van der Waals surface area contributed by atoms with E-state index in [1.54, 1.807) is 6.92 Å². The minimum absolute atomic E-state index is 0.0368. The molecule has 0 fully saturated rings. The van der Waals surface area contributed by atoms with Gasteiger partial charge in [-0.15, -0.1) is 11.3 Å². The Morgan fingerprint density at radius 1 is 1.23 bits per heavy atom. The van der Waals surface area contributed by atoms with Gasteiger partial charge in [-0.25, -0.2) is 9.59 Å². The van der Waals surface area contributed by atoms with Crippen LogP contribution in [0.5, 0.6) is 0 Å². The fourth-order valence-electron chi connectivity index (χ4n) is 3.07. The van der Waals surface area contributed by atoms with Gasteiger partial charge in [-0.3, -0.25) is 14.9 Å². The van der Waals surface area contributed by atoms with Crippen LogP contribution in [0.3, 0.4) is 0 Å². The number of ether oxygens (including phenoxy) is 2. The second kappa shape index (κ2) is 9.23. The van der Waals surface area contributed by atoms with Gasteiger partial charge in [0.2, 0.25) is 0 Å². The monoisotopic (exact) mass is 452 g/mol. The van der Waals surface area contributed by atoms with E-state index in [-0.39, 0.29) is 22.9 Å². The first kappa shape index (κ1) is 21.7. The van der Waals surface area contributed by atoms with Gasteiger partial charge in [0, 0.05) is 17.0 Å². The molecule has 0 saturated carbocycles. The third kappa shape index (κ3) is 4.60. The van der Waals surface area contributed by atoms with Gasteiger partial charge in [0.1, 0.15) is 5.00 Å². The van der Waals surface area contributed by atoms with Gasteiger partial charge < -0.3 is 14.8 Å². The Morgan fingerprint density at radius 2 is 2.00 bits per heavy atom. The molecule has 2 aromatic rings. The number of carbonyl (C=O) groups is 3. The van der Waals surface area contributed by atoms with Gasteiger partial charge in [0.25, 0.3) is 11.6 Å². The number of rotatable bonds is 7. The van der Waals surface area contributed by atoms with Crippen molar-refractivity contribution in [3.63, 3.8) is 0 Å².